The van der Waals surface area contributed by atoms with Gasteiger partial charge >= 0.3 is 12.1 Å². The maximum Gasteiger partial charge on any atom is 0.408 e. The largest absolute Gasteiger partial charge is 0.480 e. The Hall–Kier alpha value is -2.83. The number of rotatable bonds is 7. The van der Waals surface area contributed by atoms with Crippen LogP contribution in [0, 0.1) is 6.92 Å². The fourth-order valence-corrected chi connectivity index (χ4v) is 2.33. The normalized spacial score (nSPS) is 11.8. The summed E-state index contributed by atoms with van der Waals surface area (Å²) in [5, 5.41) is 11.7. The van der Waals surface area contributed by atoms with Gasteiger partial charge in [0.1, 0.15) is 18.5 Å². The van der Waals surface area contributed by atoms with Crippen LogP contribution in [0.15, 0.2) is 36.5 Å². The van der Waals surface area contributed by atoms with Gasteiger partial charge in [-0.2, -0.15) is 0 Å². The molecule has 1 aromatic heterocycles. The van der Waals surface area contributed by atoms with Crippen LogP contribution in [0.1, 0.15) is 24.0 Å². The van der Waals surface area contributed by atoms with Crippen molar-refractivity contribution >= 4 is 12.1 Å². The van der Waals surface area contributed by atoms with E-state index in [0.29, 0.717) is 6.42 Å². The number of nitrogens with zero attached hydrogens (tertiary/aromatic N) is 2. The SMILES string of the molecule is CCc1nc(C)cn1CC(NC(=O)OCc1ccccc1)C(=O)O. The topological polar surface area (TPSA) is 93.5 Å². The number of hydrogen-bond acceptors (Lipinski definition) is 4. The predicted octanol–water partition coefficient (Wildman–Crippen LogP) is 2.13. The van der Waals surface area contributed by atoms with Crippen LogP contribution in [0.25, 0.3) is 0 Å². The maximum absolute atomic E-state index is 11.9. The smallest absolute Gasteiger partial charge is 0.408 e. The molecule has 24 heavy (non-hydrogen) atoms. The average molecular weight is 331 g/mol. The van der Waals surface area contributed by atoms with Crippen molar-refractivity contribution in [2.45, 2.75) is 39.5 Å². The first-order chi connectivity index (χ1) is 11.5. The summed E-state index contributed by atoms with van der Waals surface area (Å²) in [6.07, 6.45) is 1.69. The first kappa shape index (κ1) is 17.5. The molecule has 2 aromatic rings. The molecule has 2 rings (SSSR count). The fraction of sp³-hybridized carbons (Fsp3) is 0.353. The number of carbonyl (C=O) groups is 2. The molecule has 1 heterocycles. The molecular formula is C17H21N3O4. The van der Waals surface area contributed by atoms with Crippen molar-refractivity contribution in [3.05, 3.63) is 53.6 Å². The van der Waals surface area contributed by atoms with Crippen molar-refractivity contribution in [2.75, 3.05) is 0 Å². The number of carbonyl (C=O) groups excluding carboxylic acids is 1. The fourth-order valence-electron chi connectivity index (χ4n) is 2.33. The highest BCUT2D eigenvalue weighted by Crippen LogP contribution is 2.06. The Morgan fingerprint density at radius 2 is 2.04 bits per heavy atom. The molecule has 0 spiro atoms. The highest BCUT2D eigenvalue weighted by Gasteiger charge is 2.22. The number of nitrogens with one attached hydrogen (secondary N) is 1. The van der Waals surface area contributed by atoms with Gasteiger partial charge in [0.2, 0.25) is 0 Å². The number of ether oxygens (including phenoxy) is 1. The minimum atomic E-state index is -1.12. The van der Waals surface area contributed by atoms with Gasteiger partial charge in [0.05, 0.1) is 12.2 Å². The lowest BCUT2D eigenvalue weighted by molar-refractivity contribution is -0.139. The number of carboxylic acids is 1. The molecule has 0 saturated heterocycles. The molecule has 1 unspecified atom stereocenters. The third kappa shape index (κ3) is 4.84. The number of hydrogen-bond donors (Lipinski definition) is 2. The van der Waals surface area contributed by atoms with E-state index in [4.69, 9.17) is 4.74 Å². The van der Waals surface area contributed by atoms with Gasteiger partial charge in [-0.3, -0.25) is 0 Å². The summed E-state index contributed by atoms with van der Waals surface area (Å²) in [4.78, 5) is 27.6. The maximum atomic E-state index is 11.9. The first-order valence-corrected chi connectivity index (χ1v) is 7.72. The first-order valence-electron chi connectivity index (χ1n) is 7.72. The van der Waals surface area contributed by atoms with Crippen LogP contribution >= 0.6 is 0 Å². The van der Waals surface area contributed by atoms with Crippen LogP contribution in [0.4, 0.5) is 4.79 Å². The molecule has 2 N–H and O–H groups in total. The second-order valence-electron chi connectivity index (χ2n) is 5.40. The molecule has 7 heteroatoms. The summed E-state index contributed by atoms with van der Waals surface area (Å²) in [7, 11) is 0. The lowest BCUT2D eigenvalue weighted by Crippen LogP contribution is -2.44. The van der Waals surface area contributed by atoms with E-state index >= 15 is 0 Å². The Bertz CT molecular complexity index is 697. The van der Waals surface area contributed by atoms with E-state index in [1.165, 1.54) is 0 Å². The number of imidazole rings is 1. The van der Waals surface area contributed by atoms with Crippen LogP contribution in [0.3, 0.4) is 0 Å². The third-order valence-corrected chi connectivity index (χ3v) is 3.48. The summed E-state index contributed by atoms with van der Waals surface area (Å²) in [6.45, 7) is 3.96. The second-order valence-corrected chi connectivity index (χ2v) is 5.40. The standard InChI is InChI=1S/C17H21N3O4/c1-3-15-18-12(2)9-20(15)10-14(16(21)22)19-17(23)24-11-13-7-5-4-6-8-13/h4-9,14H,3,10-11H2,1-2H3,(H,19,23)(H,21,22). The van der Waals surface area contributed by atoms with Crippen molar-refractivity contribution in [2.24, 2.45) is 0 Å². The van der Waals surface area contributed by atoms with Crippen molar-refractivity contribution in [1.29, 1.82) is 0 Å². The number of aromatic nitrogens is 2. The van der Waals surface area contributed by atoms with Gasteiger partial charge in [-0.25, -0.2) is 14.6 Å². The molecule has 1 amide bonds. The number of aliphatic carboxylic acids is 1. The minimum absolute atomic E-state index is 0.0867. The third-order valence-electron chi connectivity index (χ3n) is 3.48. The van der Waals surface area contributed by atoms with Crippen molar-refractivity contribution < 1.29 is 19.4 Å². The summed E-state index contributed by atoms with van der Waals surface area (Å²) in [6, 6.07) is 8.09. The van der Waals surface area contributed by atoms with Gasteiger partial charge < -0.3 is 19.7 Å². The number of amides is 1. The molecule has 0 fully saturated rings. The molecule has 128 valence electrons. The molecule has 0 aliphatic rings. The summed E-state index contributed by atoms with van der Waals surface area (Å²) in [5.41, 5.74) is 1.64. The Balaban J connectivity index is 1.95. The molecule has 1 atom stereocenters. The van der Waals surface area contributed by atoms with Gasteiger partial charge in [0, 0.05) is 12.6 Å². The zero-order valence-electron chi connectivity index (χ0n) is 13.7. The van der Waals surface area contributed by atoms with E-state index in [0.717, 1.165) is 17.1 Å². The van der Waals surface area contributed by atoms with Gasteiger partial charge in [0.25, 0.3) is 0 Å². The van der Waals surface area contributed by atoms with Gasteiger partial charge in [0.15, 0.2) is 0 Å². The van der Waals surface area contributed by atoms with Gasteiger partial charge in [-0.15, -0.1) is 0 Å². The Morgan fingerprint density at radius 1 is 1.33 bits per heavy atom. The molecule has 0 aliphatic carbocycles. The molecule has 1 aromatic carbocycles. The van der Waals surface area contributed by atoms with E-state index in [2.05, 4.69) is 10.3 Å². The number of carboxylic acid groups (broad SMARTS) is 1. The molecular weight excluding hydrogens is 310 g/mol. The predicted molar refractivity (Wildman–Crippen MR) is 87.5 cm³/mol. The second kappa shape index (κ2) is 8.14. The number of alkyl carbamates (subject to hydrolysis) is 1. The lowest BCUT2D eigenvalue weighted by atomic mass is 10.2. The zero-order chi connectivity index (χ0) is 17.5. The highest BCUT2D eigenvalue weighted by atomic mass is 16.5. The van der Waals surface area contributed by atoms with E-state index < -0.39 is 18.1 Å². The molecule has 7 nitrogen and oxygen atoms in total. The van der Waals surface area contributed by atoms with Crippen LogP contribution in [0.2, 0.25) is 0 Å². The van der Waals surface area contributed by atoms with Crippen LogP contribution in [-0.4, -0.2) is 32.8 Å². The minimum Gasteiger partial charge on any atom is -0.480 e. The zero-order valence-corrected chi connectivity index (χ0v) is 13.7. The Morgan fingerprint density at radius 3 is 2.67 bits per heavy atom. The van der Waals surface area contributed by atoms with Gasteiger partial charge in [-0.05, 0) is 12.5 Å². The molecule has 0 saturated carbocycles. The van der Waals surface area contributed by atoms with Crippen molar-refractivity contribution in [1.82, 2.24) is 14.9 Å². The van der Waals surface area contributed by atoms with Crippen LogP contribution < -0.4 is 5.32 Å². The van der Waals surface area contributed by atoms with Gasteiger partial charge in [-0.1, -0.05) is 37.3 Å². The number of aryl methyl sites for hydroxylation is 2. The van der Waals surface area contributed by atoms with Crippen LogP contribution in [-0.2, 0) is 29.1 Å². The number of benzene rings is 1. The summed E-state index contributed by atoms with van der Waals surface area (Å²) < 4.78 is 6.81. The Labute approximate surface area is 140 Å². The Kier molecular flexibility index (Phi) is 5.95. The van der Waals surface area contributed by atoms with Crippen molar-refractivity contribution in [3.63, 3.8) is 0 Å². The quantitative estimate of drug-likeness (QED) is 0.811. The van der Waals surface area contributed by atoms with Crippen LogP contribution in [0.5, 0.6) is 0 Å². The summed E-state index contributed by atoms with van der Waals surface area (Å²) >= 11 is 0. The molecule has 0 bridgehead atoms. The molecule has 0 radical (unpaired) electrons. The monoisotopic (exact) mass is 331 g/mol. The highest BCUT2D eigenvalue weighted by molar-refractivity contribution is 5.79. The van der Waals surface area contributed by atoms with E-state index in [9.17, 15) is 14.7 Å². The van der Waals surface area contributed by atoms with E-state index in [-0.39, 0.29) is 13.2 Å². The summed E-state index contributed by atoms with van der Waals surface area (Å²) in [5.74, 6) is -0.349. The van der Waals surface area contributed by atoms with E-state index in [1.807, 2.05) is 44.2 Å². The van der Waals surface area contributed by atoms with Crippen molar-refractivity contribution in [3.8, 4) is 0 Å². The van der Waals surface area contributed by atoms with E-state index in [1.54, 1.807) is 10.8 Å². The average Bonchev–Trinajstić information content (AvgIpc) is 2.93. The molecule has 0 aliphatic heterocycles. The lowest BCUT2D eigenvalue weighted by Gasteiger charge is -2.16.